The average molecular weight is 254 g/mol. The van der Waals surface area contributed by atoms with Gasteiger partial charge in [-0.1, -0.05) is 18.2 Å². The van der Waals surface area contributed by atoms with Crippen molar-refractivity contribution in [2.45, 2.75) is 0 Å². The standard InChI is InChI=1S/C14H10N2O3/c17-8-5-6-11(12(18)7-8)13-9-3-1-2-4-10(9)14(19)16-15-13/h1-7,17-18H,(H,16,19). The van der Waals surface area contributed by atoms with Crippen LogP contribution in [0.15, 0.2) is 47.3 Å². The SMILES string of the molecule is O=c1[nH]nc(-c2ccc(O)cc2O)c2ccccc12. The van der Waals surface area contributed by atoms with Gasteiger partial charge in [0.2, 0.25) is 0 Å². The van der Waals surface area contributed by atoms with Gasteiger partial charge in [-0.25, -0.2) is 5.10 Å². The molecule has 0 aliphatic rings. The summed E-state index contributed by atoms with van der Waals surface area (Å²) in [7, 11) is 0. The topological polar surface area (TPSA) is 86.2 Å². The summed E-state index contributed by atoms with van der Waals surface area (Å²) < 4.78 is 0. The van der Waals surface area contributed by atoms with Crippen molar-refractivity contribution in [1.82, 2.24) is 10.2 Å². The van der Waals surface area contributed by atoms with Gasteiger partial charge >= 0.3 is 0 Å². The smallest absolute Gasteiger partial charge is 0.272 e. The van der Waals surface area contributed by atoms with Gasteiger partial charge in [-0.05, 0) is 18.2 Å². The molecule has 0 amide bonds. The van der Waals surface area contributed by atoms with E-state index in [1.807, 2.05) is 0 Å². The molecule has 0 spiro atoms. The van der Waals surface area contributed by atoms with Gasteiger partial charge in [0.25, 0.3) is 5.56 Å². The number of hydrogen-bond donors (Lipinski definition) is 3. The van der Waals surface area contributed by atoms with Gasteiger partial charge in [0.1, 0.15) is 17.2 Å². The lowest BCUT2D eigenvalue weighted by Gasteiger charge is -2.07. The summed E-state index contributed by atoms with van der Waals surface area (Å²) >= 11 is 0. The minimum absolute atomic E-state index is 0.0324. The Balaban J connectivity index is 2.37. The normalized spacial score (nSPS) is 10.7. The lowest BCUT2D eigenvalue weighted by atomic mass is 10.0. The Labute approximate surface area is 107 Å². The first-order valence-electron chi connectivity index (χ1n) is 5.66. The second kappa shape index (κ2) is 4.13. The highest BCUT2D eigenvalue weighted by molar-refractivity contribution is 5.95. The van der Waals surface area contributed by atoms with E-state index in [2.05, 4.69) is 10.2 Å². The quantitative estimate of drug-likeness (QED) is 0.620. The molecule has 3 N–H and O–H groups in total. The Morgan fingerprint density at radius 2 is 1.74 bits per heavy atom. The van der Waals surface area contributed by atoms with Crippen molar-refractivity contribution in [2.24, 2.45) is 0 Å². The molecule has 3 rings (SSSR count). The summed E-state index contributed by atoms with van der Waals surface area (Å²) in [5.41, 5.74) is 0.635. The molecule has 5 heteroatoms. The summed E-state index contributed by atoms with van der Waals surface area (Å²) in [5.74, 6) is -0.125. The van der Waals surface area contributed by atoms with Crippen molar-refractivity contribution in [3.63, 3.8) is 0 Å². The van der Waals surface area contributed by atoms with Crippen molar-refractivity contribution in [3.05, 3.63) is 52.8 Å². The van der Waals surface area contributed by atoms with Crippen LogP contribution < -0.4 is 5.56 Å². The van der Waals surface area contributed by atoms with Gasteiger partial charge in [-0.3, -0.25) is 4.79 Å². The van der Waals surface area contributed by atoms with Crippen molar-refractivity contribution in [2.75, 3.05) is 0 Å². The summed E-state index contributed by atoms with van der Waals surface area (Å²) in [6, 6.07) is 11.3. The average Bonchev–Trinajstić information content (AvgIpc) is 2.41. The van der Waals surface area contributed by atoms with Gasteiger partial charge in [0.05, 0.1) is 5.39 Å². The fourth-order valence-electron chi connectivity index (χ4n) is 2.04. The molecule has 0 radical (unpaired) electrons. The minimum Gasteiger partial charge on any atom is -0.508 e. The molecular formula is C14H10N2O3. The number of H-pyrrole nitrogens is 1. The lowest BCUT2D eigenvalue weighted by molar-refractivity contribution is 0.451. The zero-order valence-electron chi connectivity index (χ0n) is 9.79. The largest absolute Gasteiger partial charge is 0.508 e. The summed E-state index contributed by atoms with van der Waals surface area (Å²) in [4.78, 5) is 11.7. The van der Waals surface area contributed by atoms with Crippen LogP contribution in [-0.2, 0) is 0 Å². The number of rotatable bonds is 1. The number of aromatic amines is 1. The Hall–Kier alpha value is -2.82. The number of nitrogens with zero attached hydrogens (tertiary/aromatic N) is 1. The van der Waals surface area contributed by atoms with Crippen LogP contribution in [-0.4, -0.2) is 20.4 Å². The van der Waals surface area contributed by atoms with Crippen molar-refractivity contribution >= 4 is 10.8 Å². The molecule has 0 saturated carbocycles. The van der Waals surface area contributed by atoms with Crippen molar-refractivity contribution in [3.8, 4) is 22.8 Å². The van der Waals surface area contributed by atoms with Crippen molar-refractivity contribution in [1.29, 1.82) is 0 Å². The Bertz CT molecular complexity index is 824. The first-order chi connectivity index (χ1) is 9.16. The predicted octanol–water partition coefficient (Wildman–Crippen LogP) is 2.00. The molecule has 3 aromatic rings. The van der Waals surface area contributed by atoms with Gasteiger partial charge in [-0.15, -0.1) is 0 Å². The number of aromatic nitrogens is 2. The maximum Gasteiger partial charge on any atom is 0.272 e. The molecule has 0 atom stereocenters. The second-order valence-corrected chi connectivity index (χ2v) is 4.15. The monoisotopic (exact) mass is 254 g/mol. The van der Waals surface area contributed by atoms with Crippen LogP contribution >= 0.6 is 0 Å². The van der Waals surface area contributed by atoms with E-state index in [1.54, 1.807) is 30.3 Å². The molecule has 1 aromatic heterocycles. The van der Waals surface area contributed by atoms with Crippen LogP contribution in [0.1, 0.15) is 0 Å². The van der Waals surface area contributed by atoms with E-state index < -0.39 is 0 Å². The molecule has 0 fully saturated rings. The maximum atomic E-state index is 11.7. The first kappa shape index (κ1) is 11.3. The fourth-order valence-corrected chi connectivity index (χ4v) is 2.04. The lowest BCUT2D eigenvalue weighted by Crippen LogP contribution is -2.09. The van der Waals surface area contributed by atoms with E-state index in [0.29, 0.717) is 22.0 Å². The van der Waals surface area contributed by atoms with E-state index in [0.717, 1.165) is 0 Å². The summed E-state index contributed by atoms with van der Waals surface area (Å²) in [5, 5.41) is 26.7. The van der Waals surface area contributed by atoms with Crippen LogP contribution in [0.3, 0.4) is 0 Å². The molecule has 19 heavy (non-hydrogen) atoms. The third-order valence-electron chi connectivity index (χ3n) is 2.93. The van der Waals surface area contributed by atoms with Crippen molar-refractivity contribution < 1.29 is 10.2 Å². The van der Waals surface area contributed by atoms with Gasteiger partial charge in [0, 0.05) is 17.0 Å². The Morgan fingerprint density at radius 1 is 1.00 bits per heavy atom. The predicted molar refractivity (Wildman–Crippen MR) is 71.1 cm³/mol. The number of fused-ring (bicyclic) bond motifs is 1. The van der Waals surface area contributed by atoms with Crippen LogP contribution in [0, 0.1) is 0 Å². The minimum atomic E-state index is -0.280. The molecule has 94 valence electrons. The number of nitrogens with one attached hydrogen (secondary N) is 1. The van der Waals surface area contributed by atoms with Crippen LogP contribution in [0.2, 0.25) is 0 Å². The first-order valence-corrected chi connectivity index (χ1v) is 5.66. The van der Waals surface area contributed by atoms with Crippen LogP contribution in [0.5, 0.6) is 11.5 Å². The van der Waals surface area contributed by atoms with E-state index >= 15 is 0 Å². The fraction of sp³-hybridized carbons (Fsp3) is 0. The third-order valence-corrected chi connectivity index (χ3v) is 2.93. The molecule has 0 bridgehead atoms. The number of aromatic hydroxyl groups is 2. The van der Waals surface area contributed by atoms with E-state index in [4.69, 9.17) is 0 Å². The molecule has 0 aliphatic carbocycles. The zero-order chi connectivity index (χ0) is 13.4. The maximum absolute atomic E-state index is 11.7. The van der Waals surface area contributed by atoms with Crippen LogP contribution in [0.25, 0.3) is 22.0 Å². The van der Waals surface area contributed by atoms with E-state index in [-0.39, 0.29) is 17.1 Å². The number of phenolic OH excluding ortho intramolecular Hbond substituents is 2. The van der Waals surface area contributed by atoms with E-state index in [9.17, 15) is 15.0 Å². The summed E-state index contributed by atoms with van der Waals surface area (Å²) in [6.07, 6.45) is 0. The van der Waals surface area contributed by atoms with Gasteiger partial charge in [0.15, 0.2) is 0 Å². The molecule has 0 saturated heterocycles. The Kier molecular flexibility index (Phi) is 2.45. The molecule has 0 unspecified atom stereocenters. The number of phenols is 2. The van der Waals surface area contributed by atoms with Gasteiger partial charge < -0.3 is 10.2 Å². The summed E-state index contributed by atoms with van der Waals surface area (Å²) in [6.45, 7) is 0. The molecule has 2 aromatic carbocycles. The highest BCUT2D eigenvalue weighted by atomic mass is 16.3. The highest BCUT2D eigenvalue weighted by Gasteiger charge is 2.12. The number of benzene rings is 2. The van der Waals surface area contributed by atoms with Gasteiger partial charge in [-0.2, -0.15) is 5.10 Å². The molecule has 5 nitrogen and oxygen atoms in total. The highest BCUT2D eigenvalue weighted by Crippen LogP contribution is 2.33. The third kappa shape index (κ3) is 1.81. The van der Waals surface area contributed by atoms with E-state index in [1.165, 1.54) is 12.1 Å². The molecule has 0 aliphatic heterocycles. The Morgan fingerprint density at radius 3 is 2.47 bits per heavy atom. The zero-order valence-corrected chi connectivity index (χ0v) is 9.79. The molecular weight excluding hydrogens is 244 g/mol. The second-order valence-electron chi connectivity index (χ2n) is 4.15. The van der Waals surface area contributed by atoms with Crippen LogP contribution in [0.4, 0.5) is 0 Å². The molecule has 1 heterocycles. The number of hydrogen-bond acceptors (Lipinski definition) is 4.